The molecule has 1 aromatic rings. The fourth-order valence-corrected chi connectivity index (χ4v) is 1.40. The summed E-state index contributed by atoms with van der Waals surface area (Å²) in [7, 11) is 1.11. The molecule has 116 valence electrons. The molecule has 1 amide bonds. The third kappa shape index (κ3) is 3.64. The fraction of sp³-hybridized carbons (Fsp3) is 0.333. The van der Waals surface area contributed by atoms with E-state index >= 15 is 0 Å². The van der Waals surface area contributed by atoms with Crippen LogP contribution in [0.25, 0.3) is 0 Å². The van der Waals surface area contributed by atoms with Gasteiger partial charge < -0.3 is 15.2 Å². The Hall–Kier alpha value is -1.80. The summed E-state index contributed by atoms with van der Waals surface area (Å²) in [6, 6.07) is 3.51. The Morgan fingerprint density at radius 2 is 1.90 bits per heavy atom. The Kier molecular flexibility index (Phi) is 4.85. The highest BCUT2D eigenvalue weighted by Crippen LogP contribution is 2.32. The number of halogens is 4. The van der Waals surface area contributed by atoms with Crippen LogP contribution in [0.5, 0.6) is 0 Å². The van der Waals surface area contributed by atoms with Gasteiger partial charge in [0, 0.05) is 0 Å². The van der Waals surface area contributed by atoms with Crippen molar-refractivity contribution in [2.45, 2.75) is 18.7 Å². The molecule has 9 heteroatoms. The number of amides is 1. The number of aliphatic hydroxyl groups is 1. The second-order valence-electron chi connectivity index (χ2n) is 4.21. The van der Waals surface area contributed by atoms with E-state index < -0.39 is 23.7 Å². The van der Waals surface area contributed by atoms with Gasteiger partial charge in [-0.15, -0.1) is 0 Å². The molecule has 1 rings (SSSR count). The van der Waals surface area contributed by atoms with Crippen LogP contribution < -0.4 is 5.32 Å². The number of esters is 1. The average molecular weight is 326 g/mol. The number of hydrogen-bond donors (Lipinski definition) is 2. The first kappa shape index (κ1) is 17.3. The van der Waals surface area contributed by atoms with Crippen LogP contribution in [0, 0.1) is 0 Å². The van der Waals surface area contributed by atoms with Crippen LogP contribution in [-0.4, -0.2) is 35.9 Å². The van der Waals surface area contributed by atoms with Gasteiger partial charge in [0.15, 0.2) is 0 Å². The molecular formula is C12H11ClF3NO4. The molecule has 0 unspecified atom stereocenters. The minimum Gasteiger partial charge on any atom is -0.465 e. The largest absolute Gasteiger partial charge is 0.465 e. The normalized spacial score (nSPS) is 14.2. The highest BCUT2D eigenvalue weighted by molar-refractivity contribution is 6.34. The molecule has 0 aromatic heterocycles. The zero-order valence-corrected chi connectivity index (χ0v) is 11.7. The average Bonchev–Trinajstić information content (AvgIpc) is 2.38. The van der Waals surface area contributed by atoms with Crippen LogP contribution in [0.2, 0.25) is 5.02 Å². The summed E-state index contributed by atoms with van der Waals surface area (Å²) in [5, 5.41) is 10.9. The van der Waals surface area contributed by atoms with Gasteiger partial charge in [-0.3, -0.25) is 4.79 Å². The molecule has 0 aliphatic rings. The minimum absolute atomic E-state index is 0.0242. The molecule has 1 atom stereocenters. The second-order valence-corrected chi connectivity index (χ2v) is 4.62. The van der Waals surface area contributed by atoms with E-state index in [-0.39, 0.29) is 16.3 Å². The number of carbonyl (C=O) groups excluding carboxylic acids is 2. The van der Waals surface area contributed by atoms with Crippen molar-refractivity contribution in [3.63, 3.8) is 0 Å². The van der Waals surface area contributed by atoms with Crippen LogP contribution in [0.3, 0.4) is 0 Å². The Morgan fingerprint density at radius 3 is 2.38 bits per heavy atom. The van der Waals surface area contributed by atoms with E-state index in [1.54, 1.807) is 0 Å². The van der Waals surface area contributed by atoms with Gasteiger partial charge in [-0.25, -0.2) is 4.79 Å². The number of methoxy groups -OCH3 is 1. The first-order valence-electron chi connectivity index (χ1n) is 5.49. The fourth-order valence-electron chi connectivity index (χ4n) is 1.24. The van der Waals surface area contributed by atoms with E-state index in [1.165, 1.54) is 12.1 Å². The Bertz CT molecular complexity index is 572. The minimum atomic E-state index is -5.16. The first-order valence-corrected chi connectivity index (χ1v) is 5.87. The summed E-state index contributed by atoms with van der Waals surface area (Å²) in [6.45, 7) is 0.306. The van der Waals surface area contributed by atoms with E-state index in [2.05, 4.69) is 4.74 Å². The van der Waals surface area contributed by atoms with Crippen molar-refractivity contribution in [3.05, 3.63) is 28.8 Å². The molecule has 0 heterocycles. The molecule has 0 aliphatic heterocycles. The molecule has 0 aliphatic carbocycles. The molecule has 0 bridgehead atoms. The van der Waals surface area contributed by atoms with E-state index in [0.29, 0.717) is 6.92 Å². The van der Waals surface area contributed by atoms with Gasteiger partial charge in [-0.2, -0.15) is 13.2 Å². The van der Waals surface area contributed by atoms with E-state index in [1.807, 2.05) is 5.32 Å². The number of carbonyl (C=O) groups is 2. The van der Waals surface area contributed by atoms with Crippen molar-refractivity contribution >= 4 is 29.2 Å². The molecule has 0 fully saturated rings. The van der Waals surface area contributed by atoms with Gasteiger partial charge >= 0.3 is 12.1 Å². The van der Waals surface area contributed by atoms with E-state index in [9.17, 15) is 27.9 Å². The molecule has 0 saturated heterocycles. The lowest BCUT2D eigenvalue weighted by atomic mass is 10.1. The standard InChI is InChI=1S/C12H11ClF3NO4/c1-11(20,12(14,15)16)10(19)17-8-5-6(9(18)21-2)3-4-7(8)13/h3-5,20H,1-2H3,(H,17,19)/t11-/m1/s1. The SMILES string of the molecule is COC(=O)c1ccc(Cl)c(NC(=O)[C@@](C)(O)C(F)(F)F)c1. The summed E-state index contributed by atoms with van der Waals surface area (Å²) >= 11 is 5.72. The lowest BCUT2D eigenvalue weighted by Gasteiger charge is -2.25. The maximum absolute atomic E-state index is 12.5. The topological polar surface area (TPSA) is 75.6 Å². The molecule has 0 spiro atoms. The van der Waals surface area contributed by atoms with Crippen LogP contribution in [0.4, 0.5) is 18.9 Å². The zero-order chi connectivity index (χ0) is 16.4. The molecule has 21 heavy (non-hydrogen) atoms. The van der Waals surface area contributed by atoms with Gasteiger partial charge in [-0.1, -0.05) is 11.6 Å². The third-order valence-electron chi connectivity index (χ3n) is 2.63. The summed E-state index contributed by atoms with van der Waals surface area (Å²) in [6.07, 6.45) is -5.16. The number of alkyl halides is 3. The van der Waals surface area contributed by atoms with Gasteiger partial charge in [0.25, 0.3) is 5.91 Å². The van der Waals surface area contributed by atoms with Crippen LogP contribution >= 0.6 is 11.6 Å². The number of hydrogen-bond acceptors (Lipinski definition) is 4. The highest BCUT2D eigenvalue weighted by Gasteiger charge is 2.55. The van der Waals surface area contributed by atoms with Crippen molar-refractivity contribution in [1.82, 2.24) is 0 Å². The van der Waals surface area contributed by atoms with Crippen molar-refractivity contribution in [2.75, 3.05) is 12.4 Å². The predicted molar refractivity (Wildman–Crippen MR) is 68.1 cm³/mol. The number of anilines is 1. The number of ether oxygens (including phenoxy) is 1. The zero-order valence-electron chi connectivity index (χ0n) is 10.9. The first-order chi connectivity index (χ1) is 9.50. The smallest absolute Gasteiger partial charge is 0.426 e. The maximum atomic E-state index is 12.5. The summed E-state index contributed by atoms with van der Waals surface area (Å²) in [4.78, 5) is 22.8. The number of benzene rings is 1. The molecule has 1 aromatic carbocycles. The summed E-state index contributed by atoms with van der Waals surface area (Å²) < 4.78 is 42.0. The lowest BCUT2D eigenvalue weighted by molar-refractivity contribution is -0.242. The predicted octanol–water partition coefficient (Wildman–Crippen LogP) is 2.38. The Labute approximate surface area is 122 Å². The van der Waals surface area contributed by atoms with Crippen LogP contribution in [-0.2, 0) is 9.53 Å². The van der Waals surface area contributed by atoms with Gasteiger partial charge in [0.1, 0.15) is 0 Å². The van der Waals surface area contributed by atoms with Crippen LogP contribution in [0.15, 0.2) is 18.2 Å². The Morgan fingerprint density at radius 1 is 1.33 bits per heavy atom. The van der Waals surface area contributed by atoms with Gasteiger partial charge in [0.2, 0.25) is 5.60 Å². The molecular weight excluding hydrogens is 315 g/mol. The molecule has 0 saturated carbocycles. The van der Waals surface area contributed by atoms with Crippen LogP contribution in [0.1, 0.15) is 17.3 Å². The Balaban J connectivity index is 3.08. The summed E-state index contributed by atoms with van der Waals surface area (Å²) in [5.41, 5.74) is -3.88. The van der Waals surface area contributed by atoms with Gasteiger partial charge in [-0.05, 0) is 25.1 Å². The van der Waals surface area contributed by atoms with Crippen molar-refractivity contribution < 1.29 is 32.6 Å². The van der Waals surface area contributed by atoms with E-state index in [4.69, 9.17) is 11.6 Å². The lowest BCUT2D eigenvalue weighted by Crippen LogP contribution is -2.52. The molecule has 2 N–H and O–H groups in total. The second kappa shape index (κ2) is 5.90. The molecule has 5 nitrogen and oxygen atoms in total. The third-order valence-corrected chi connectivity index (χ3v) is 2.96. The monoisotopic (exact) mass is 325 g/mol. The quantitative estimate of drug-likeness (QED) is 0.837. The number of rotatable bonds is 3. The van der Waals surface area contributed by atoms with Gasteiger partial charge in [0.05, 0.1) is 23.4 Å². The maximum Gasteiger partial charge on any atom is 0.426 e. The highest BCUT2D eigenvalue weighted by atomic mass is 35.5. The van der Waals surface area contributed by atoms with Crippen molar-refractivity contribution in [2.24, 2.45) is 0 Å². The summed E-state index contributed by atoms with van der Waals surface area (Å²) in [5.74, 6) is -2.48. The molecule has 0 radical (unpaired) electrons. The van der Waals surface area contributed by atoms with E-state index in [0.717, 1.165) is 13.2 Å². The van der Waals surface area contributed by atoms with Crippen molar-refractivity contribution in [3.8, 4) is 0 Å². The van der Waals surface area contributed by atoms with Crippen molar-refractivity contribution in [1.29, 1.82) is 0 Å². The number of nitrogens with one attached hydrogen (secondary N) is 1.